The molecule has 23 heavy (non-hydrogen) atoms. The molecule has 1 heterocycles. The second-order valence-electron chi connectivity index (χ2n) is 6.14. The lowest BCUT2D eigenvalue weighted by molar-refractivity contribution is 0.211. The fourth-order valence-corrected chi connectivity index (χ4v) is 3.72. The van der Waals surface area contributed by atoms with Gasteiger partial charge in [-0.15, -0.1) is 0 Å². The third-order valence-corrected chi connectivity index (χ3v) is 5.13. The van der Waals surface area contributed by atoms with E-state index in [1.807, 2.05) is 26.2 Å². The van der Waals surface area contributed by atoms with Gasteiger partial charge >= 0.3 is 0 Å². The number of nitrogens with zero attached hydrogens (tertiary/aromatic N) is 2. The standard InChI is InChI=1S/C18H21Cl2N3/c1-22(2)13-5-3-12(4-6-13)10-23-11-14-15(19)7-8-16(20)18(14)17(23)9-21/h3-8,17H,9-11,21H2,1-2H3. The Morgan fingerprint density at radius 2 is 1.74 bits per heavy atom. The quantitative estimate of drug-likeness (QED) is 0.902. The first-order chi connectivity index (χ1) is 11.0. The molecule has 0 spiro atoms. The van der Waals surface area contributed by atoms with Crippen molar-refractivity contribution in [2.75, 3.05) is 25.5 Å². The van der Waals surface area contributed by atoms with Crippen molar-refractivity contribution in [1.29, 1.82) is 0 Å². The van der Waals surface area contributed by atoms with Crippen LogP contribution in [0.1, 0.15) is 22.7 Å². The topological polar surface area (TPSA) is 32.5 Å². The van der Waals surface area contributed by atoms with Gasteiger partial charge in [0.2, 0.25) is 0 Å². The van der Waals surface area contributed by atoms with E-state index in [0.29, 0.717) is 6.54 Å². The summed E-state index contributed by atoms with van der Waals surface area (Å²) in [5.41, 5.74) is 10.7. The number of halogens is 2. The fraction of sp³-hybridized carbons (Fsp3) is 0.333. The molecule has 0 aliphatic carbocycles. The Morgan fingerprint density at radius 3 is 2.35 bits per heavy atom. The Labute approximate surface area is 147 Å². The number of hydrogen-bond acceptors (Lipinski definition) is 3. The van der Waals surface area contributed by atoms with E-state index in [2.05, 4.69) is 34.1 Å². The molecule has 0 aromatic heterocycles. The molecule has 5 heteroatoms. The van der Waals surface area contributed by atoms with Gasteiger partial charge in [0.25, 0.3) is 0 Å². The highest BCUT2D eigenvalue weighted by atomic mass is 35.5. The van der Waals surface area contributed by atoms with Crippen LogP contribution in [0.25, 0.3) is 0 Å². The van der Waals surface area contributed by atoms with Crippen LogP contribution in [0.2, 0.25) is 10.0 Å². The van der Waals surface area contributed by atoms with E-state index in [0.717, 1.165) is 34.3 Å². The zero-order valence-electron chi connectivity index (χ0n) is 13.4. The molecule has 0 saturated carbocycles. The van der Waals surface area contributed by atoms with Gasteiger partial charge in [0.1, 0.15) is 0 Å². The molecule has 0 radical (unpaired) electrons. The molecule has 1 aliphatic heterocycles. The maximum atomic E-state index is 6.39. The minimum atomic E-state index is 0.115. The first kappa shape index (κ1) is 16.6. The lowest BCUT2D eigenvalue weighted by Gasteiger charge is -2.24. The summed E-state index contributed by atoms with van der Waals surface area (Å²) in [5, 5.41) is 1.53. The molecule has 2 N–H and O–H groups in total. The Kier molecular flexibility index (Phi) is 4.83. The molecule has 0 amide bonds. The van der Waals surface area contributed by atoms with E-state index >= 15 is 0 Å². The van der Waals surface area contributed by atoms with E-state index in [9.17, 15) is 0 Å². The molecule has 0 saturated heterocycles. The summed E-state index contributed by atoms with van der Waals surface area (Å²) in [6, 6.07) is 12.4. The second-order valence-corrected chi connectivity index (χ2v) is 6.95. The number of benzene rings is 2. The maximum absolute atomic E-state index is 6.39. The van der Waals surface area contributed by atoms with Crippen LogP contribution in [0.5, 0.6) is 0 Å². The van der Waals surface area contributed by atoms with Crippen LogP contribution in [-0.2, 0) is 13.1 Å². The molecule has 2 aromatic rings. The number of anilines is 1. The zero-order chi connectivity index (χ0) is 16.6. The minimum Gasteiger partial charge on any atom is -0.378 e. The molecule has 1 aliphatic rings. The SMILES string of the molecule is CN(C)c1ccc(CN2Cc3c(Cl)ccc(Cl)c3C2CN)cc1. The average molecular weight is 350 g/mol. The Bertz CT molecular complexity index is 698. The lowest BCUT2D eigenvalue weighted by Crippen LogP contribution is -2.27. The minimum absolute atomic E-state index is 0.115. The van der Waals surface area contributed by atoms with E-state index in [-0.39, 0.29) is 6.04 Å². The van der Waals surface area contributed by atoms with Crippen molar-refractivity contribution in [3.8, 4) is 0 Å². The summed E-state index contributed by atoms with van der Waals surface area (Å²) >= 11 is 12.7. The van der Waals surface area contributed by atoms with Crippen molar-refractivity contribution >= 4 is 28.9 Å². The van der Waals surface area contributed by atoms with Gasteiger partial charge in [0, 0.05) is 55.5 Å². The molecule has 3 rings (SSSR count). The Morgan fingerprint density at radius 1 is 1.09 bits per heavy atom. The van der Waals surface area contributed by atoms with E-state index in [1.54, 1.807) is 0 Å². The van der Waals surface area contributed by atoms with E-state index in [1.165, 1.54) is 11.3 Å². The average Bonchev–Trinajstić information content (AvgIpc) is 2.91. The van der Waals surface area contributed by atoms with Crippen LogP contribution >= 0.6 is 23.2 Å². The van der Waals surface area contributed by atoms with Crippen molar-refractivity contribution < 1.29 is 0 Å². The summed E-state index contributed by atoms with van der Waals surface area (Å²) in [7, 11) is 4.08. The predicted octanol–water partition coefficient (Wildman–Crippen LogP) is 4.08. The van der Waals surface area contributed by atoms with Crippen molar-refractivity contribution in [3.05, 3.63) is 63.1 Å². The Balaban J connectivity index is 1.84. The van der Waals surface area contributed by atoms with Crippen molar-refractivity contribution in [2.45, 2.75) is 19.1 Å². The molecule has 2 aromatic carbocycles. The van der Waals surface area contributed by atoms with E-state index < -0.39 is 0 Å². The summed E-state index contributed by atoms with van der Waals surface area (Å²) in [4.78, 5) is 4.44. The van der Waals surface area contributed by atoms with Gasteiger partial charge < -0.3 is 10.6 Å². The van der Waals surface area contributed by atoms with Gasteiger partial charge in [-0.2, -0.15) is 0 Å². The molecule has 122 valence electrons. The summed E-state index contributed by atoms with van der Waals surface area (Å²) < 4.78 is 0. The van der Waals surface area contributed by atoms with Crippen LogP contribution in [0, 0.1) is 0 Å². The highest BCUT2D eigenvalue weighted by molar-refractivity contribution is 6.34. The highest BCUT2D eigenvalue weighted by Crippen LogP contribution is 2.41. The summed E-state index contributed by atoms with van der Waals surface area (Å²) in [6.45, 7) is 2.14. The van der Waals surface area contributed by atoms with Crippen LogP contribution in [0.15, 0.2) is 36.4 Å². The van der Waals surface area contributed by atoms with Gasteiger partial charge in [0.05, 0.1) is 0 Å². The maximum Gasteiger partial charge on any atom is 0.0496 e. The normalized spacial score (nSPS) is 17.3. The second kappa shape index (κ2) is 6.70. The molecule has 1 atom stereocenters. The van der Waals surface area contributed by atoms with Gasteiger partial charge in [-0.3, -0.25) is 4.90 Å². The first-order valence-corrected chi connectivity index (χ1v) is 8.44. The molecule has 1 unspecified atom stereocenters. The fourth-order valence-electron chi connectivity index (χ4n) is 3.19. The largest absolute Gasteiger partial charge is 0.378 e. The zero-order valence-corrected chi connectivity index (χ0v) is 14.9. The van der Waals surface area contributed by atoms with Crippen LogP contribution in [0.4, 0.5) is 5.69 Å². The van der Waals surface area contributed by atoms with Gasteiger partial charge in [-0.25, -0.2) is 0 Å². The number of nitrogens with two attached hydrogens (primary N) is 1. The van der Waals surface area contributed by atoms with Gasteiger partial charge in [0.15, 0.2) is 0 Å². The van der Waals surface area contributed by atoms with Gasteiger partial charge in [-0.1, -0.05) is 35.3 Å². The summed E-state index contributed by atoms with van der Waals surface area (Å²) in [6.07, 6.45) is 0. The monoisotopic (exact) mass is 349 g/mol. The van der Waals surface area contributed by atoms with Crippen LogP contribution in [-0.4, -0.2) is 25.5 Å². The van der Waals surface area contributed by atoms with Crippen molar-refractivity contribution in [1.82, 2.24) is 4.90 Å². The smallest absolute Gasteiger partial charge is 0.0496 e. The van der Waals surface area contributed by atoms with E-state index in [4.69, 9.17) is 28.9 Å². The van der Waals surface area contributed by atoms with Crippen LogP contribution < -0.4 is 10.6 Å². The Hall–Kier alpha value is -1.26. The first-order valence-electron chi connectivity index (χ1n) is 7.68. The molecule has 0 fully saturated rings. The highest BCUT2D eigenvalue weighted by Gasteiger charge is 2.32. The number of hydrogen-bond donors (Lipinski definition) is 1. The van der Waals surface area contributed by atoms with Crippen molar-refractivity contribution in [3.63, 3.8) is 0 Å². The van der Waals surface area contributed by atoms with Gasteiger partial charge in [-0.05, 0) is 41.0 Å². The molecule has 3 nitrogen and oxygen atoms in total. The molecular formula is C18H21Cl2N3. The number of fused-ring (bicyclic) bond motifs is 1. The molecule has 0 bridgehead atoms. The predicted molar refractivity (Wildman–Crippen MR) is 98.3 cm³/mol. The third-order valence-electron chi connectivity index (χ3n) is 4.44. The van der Waals surface area contributed by atoms with Crippen molar-refractivity contribution in [2.24, 2.45) is 5.73 Å². The number of rotatable bonds is 4. The lowest BCUT2D eigenvalue weighted by atomic mass is 10.0. The van der Waals surface area contributed by atoms with Crippen LogP contribution in [0.3, 0.4) is 0 Å². The summed E-state index contributed by atoms with van der Waals surface area (Å²) in [5.74, 6) is 0. The third kappa shape index (κ3) is 3.20. The molecular weight excluding hydrogens is 329 g/mol.